The second kappa shape index (κ2) is 6.80. The standard InChI is InChI=1S/C16H14F2N2O2/c1-10-6-7-11(17)8-14(10)20-15(21)9-19-16(22)12-4-2-3-5-13(12)18/h2-8H,9H2,1H3,(H,19,22)(H,20,21). The van der Waals surface area contributed by atoms with Gasteiger partial charge in [-0.1, -0.05) is 18.2 Å². The van der Waals surface area contributed by atoms with Crippen LogP contribution in [0.2, 0.25) is 0 Å². The molecule has 0 atom stereocenters. The predicted octanol–water partition coefficient (Wildman–Crippen LogP) is 2.64. The first kappa shape index (κ1) is 15.6. The number of benzene rings is 2. The topological polar surface area (TPSA) is 58.2 Å². The number of hydrogen-bond donors (Lipinski definition) is 2. The van der Waals surface area contributed by atoms with E-state index in [1.165, 1.54) is 36.4 Å². The molecule has 0 aliphatic heterocycles. The molecule has 0 aliphatic rings. The van der Waals surface area contributed by atoms with E-state index in [9.17, 15) is 18.4 Å². The summed E-state index contributed by atoms with van der Waals surface area (Å²) >= 11 is 0. The molecule has 0 spiro atoms. The number of carbonyl (C=O) groups is 2. The minimum absolute atomic E-state index is 0.141. The van der Waals surface area contributed by atoms with E-state index in [0.717, 1.165) is 6.07 Å². The van der Waals surface area contributed by atoms with Crippen molar-refractivity contribution in [2.45, 2.75) is 6.92 Å². The maximum Gasteiger partial charge on any atom is 0.254 e. The van der Waals surface area contributed by atoms with Crippen molar-refractivity contribution < 1.29 is 18.4 Å². The molecule has 0 aliphatic carbocycles. The molecule has 2 rings (SSSR count). The highest BCUT2D eigenvalue weighted by molar-refractivity contribution is 5.99. The van der Waals surface area contributed by atoms with Crippen molar-refractivity contribution >= 4 is 17.5 Å². The lowest BCUT2D eigenvalue weighted by Gasteiger charge is -2.09. The van der Waals surface area contributed by atoms with E-state index in [4.69, 9.17) is 0 Å². The Hall–Kier alpha value is -2.76. The van der Waals surface area contributed by atoms with Crippen LogP contribution < -0.4 is 10.6 Å². The van der Waals surface area contributed by atoms with Crippen molar-refractivity contribution in [2.75, 3.05) is 11.9 Å². The molecule has 0 saturated heterocycles. The first-order valence-electron chi connectivity index (χ1n) is 6.56. The van der Waals surface area contributed by atoms with Gasteiger partial charge in [0.2, 0.25) is 5.91 Å². The minimum Gasteiger partial charge on any atom is -0.343 e. The average molecular weight is 304 g/mol. The monoisotopic (exact) mass is 304 g/mol. The smallest absolute Gasteiger partial charge is 0.254 e. The SMILES string of the molecule is Cc1ccc(F)cc1NC(=O)CNC(=O)c1ccccc1F. The van der Waals surface area contributed by atoms with Crippen molar-refractivity contribution in [1.29, 1.82) is 0 Å². The van der Waals surface area contributed by atoms with E-state index in [2.05, 4.69) is 10.6 Å². The Morgan fingerprint density at radius 2 is 1.82 bits per heavy atom. The van der Waals surface area contributed by atoms with Crippen molar-refractivity contribution in [3.63, 3.8) is 0 Å². The number of amides is 2. The summed E-state index contributed by atoms with van der Waals surface area (Å²) in [5.74, 6) is -2.36. The number of hydrogen-bond acceptors (Lipinski definition) is 2. The fourth-order valence-electron chi connectivity index (χ4n) is 1.82. The van der Waals surface area contributed by atoms with Crippen LogP contribution in [0.4, 0.5) is 14.5 Å². The lowest BCUT2D eigenvalue weighted by molar-refractivity contribution is -0.115. The molecule has 4 nitrogen and oxygen atoms in total. The van der Waals surface area contributed by atoms with E-state index < -0.39 is 23.4 Å². The third-order valence-corrected chi connectivity index (χ3v) is 3.00. The van der Waals surface area contributed by atoms with Gasteiger partial charge in [0.1, 0.15) is 11.6 Å². The van der Waals surface area contributed by atoms with Crippen LogP contribution in [-0.4, -0.2) is 18.4 Å². The number of carbonyl (C=O) groups excluding carboxylic acids is 2. The summed E-state index contributed by atoms with van der Waals surface area (Å²) in [6.07, 6.45) is 0. The molecule has 0 saturated carbocycles. The molecular weight excluding hydrogens is 290 g/mol. The largest absolute Gasteiger partial charge is 0.343 e. The van der Waals surface area contributed by atoms with Gasteiger partial charge in [-0.2, -0.15) is 0 Å². The molecule has 2 amide bonds. The van der Waals surface area contributed by atoms with Crippen LogP contribution in [0, 0.1) is 18.6 Å². The van der Waals surface area contributed by atoms with Gasteiger partial charge in [-0.3, -0.25) is 9.59 Å². The van der Waals surface area contributed by atoms with Gasteiger partial charge in [-0.25, -0.2) is 8.78 Å². The highest BCUT2D eigenvalue weighted by atomic mass is 19.1. The molecule has 0 fully saturated rings. The summed E-state index contributed by atoms with van der Waals surface area (Å²) in [5.41, 5.74) is 0.873. The Morgan fingerprint density at radius 3 is 2.55 bits per heavy atom. The average Bonchev–Trinajstić information content (AvgIpc) is 2.49. The van der Waals surface area contributed by atoms with Gasteiger partial charge in [0.05, 0.1) is 12.1 Å². The van der Waals surface area contributed by atoms with Crippen LogP contribution in [0.25, 0.3) is 0 Å². The minimum atomic E-state index is -0.691. The van der Waals surface area contributed by atoms with Gasteiger partial charge >= 0.3 is 0 Å². The summed E-state index contributed by atoms with van der Waals surface area (Å²) in [5, 5.41) is 4.79. The van der Waals surface area contributed by atoms with Crippen molar-refractivity contribution in [3.05, 3.63) is 65.2 Å². The Balaban J connectivity index is 1.94. The van der Waals surface area contributed by atoms with E-state index in [1.807, 2.05) is 0 Å². The number of rotatable bonds is 4. The summed E-state index contributed by atoms with van der Waals surface area (Å²) in [6, 6.07) is 9.46. The molecule has 0 heterocycles. The van der Waals surface area contributed by atoms with Gasteiger partial charge in [0.25, 0.3) is 5.91 Å². The second-order valence-corrected chi connectivity index (χ2v) is 4.67. The quantitative estimate of drug-likeness (QED) is 0.912. The van der Waals surface area contributed by atoms with Crippen molar-refractivity contribution in [1.82, 2.24) is 5.32 Å². The fourth-order valence-corrected chi connectivity index (χ4v) is 1.82. The van der Waals surface area contributed by atoms with Crippen molar-refractivity contribution in [3.8, 4) is 0 Å². The first-order chi connectivity index (χ1) is 10.5. The lowest BCUT2D eigenvalue weighted by atomic mass is 10.2. The third kappa shape index (κ3) is 3.88. The van der Waals surface area contributed by atoms with Crippen LogP contribution in [0.15, 0.2) is 42.5 Å². The Kier molecular flexibility index (Phi) is 4.83. The normalized spacial score (nSPS) is 10.1. The van der Waals surface area contributed by atoms with E-state index in [0.29, 0.717) is 11.3 Å². The zero-order valence-electron chi connectivity index (χ0n) is 11.8. The maximum atomic E-state index is 13.4. The Bertz CT molecular complexity index is 717. The van der Waals surface area contributed by atoms with E-state index in [1.54, 1.807) is 6.92 Å². The van der Waals surface area contributed by atoms with E-state index >= 15 is 0 Å². The second-order valence-electron chi connectivity index (χ2n) is 4.67. The number of aryl methyl sites for hydroxylation is 1. The van der Waals surface area contributed by atoms with Gasteiger partial charge in [0, 0.05) is 5.69 Å². The van der Waals surface area contributed by atoms with Crippen molar-refractivity contribution in [2.24, 2.45) is 0 Å². The zero-order valence-corrected chi connectivity index (χ0v) is 11.8. The number of nitrogens with one attached hydrogen (secondary N) is 2. The molecule has 0 unspecified atom stereocenters. The maximum absolute atomic E-state index is 13.4. The summed E-state index contributed by atoms with van der Waals surface area (Å²) < 4.78 is 26.5. The van der Waals surface area contributed by atoms with Gasteiger partial charge in [-0.05, 0) is 36.8 Å². The fraction of sp³-hybridized carbons (Fsp3) is 0.125. The molecule has 2 aromatic rings. The summed E-state index contributed by atoms with van der Waals surface area (Å²) in [4.78, 5) is 23.5. The molecule has 2 N–H and O–H groups in total. The number of halogens is 2. The molecule has 0 bridgehead atoms. The Morgan fingerprint density at radius 1 is 1.09 bits per heavy atom. The van der Waals surface area contributed by atoms with Crippen LogP contribution in [0.3, 0.4) is 0 Å². The van der Waals surface area contributed by atoms with Crippen LogP contribution in [-0.2, 0) is 4.79 Å². The molecule has 2 aromatic carbocycles. The molecular formula is C16H14F2N2O2. The molecule has 22 heavy (non-hydrogen) atoms. The van der Waals surface area contributed by atoms with Crippen LogP contribution in [0.1, 0.15) is 15.9 Å². The highest BCUT2D eigenvalue weighted by Crippen LogP contribution is 2.15. The van der Waals surface area contributed by atoms with Gasteiger partial charge in [0.15, 0.2) is 0 Å². The molecule has 0 aromatic heterocycles. The van der Waals surface area contributed by atoms with Gasteiger partial charge < -0.3 is 10.6 Å². The van der Waals surface area contributed by atoms with Gasteiger partial charge in [-0.15, -0.1) is 0 Å². The summed E-state index contributed by atoms with van der Waals surface area (Å²) in [6.45, 7) is 1.37. The van der Waals surface area contributed by atoms with E-state index in [-0.39, 0.29) is 12.1 Å². The summed E-state index contributed by atoms with van der Waals surface area (Å²) in [7, 11) is 0. The van der Waals surface area contributed by atoms with Crippen LogP contribution in [0.5, 0.6) is 0 Å². The molecule has 6 heteroatoms. The lowest BCUT2D eigenvalue weighted by Crippen LogP contribution is -2.33. The predicted molar refractivity (Wildman–Crippen MR) is 78.5 cm³/mol. The Labute approximate surface area is 126 Å². The number of anilines is 1. The van der Waals surface area contributed by atoms with Crippen LogP contribution >= 0.6 is 0 Å². The molecule has 114 valence electrons. The zero-order chi connectivity index (χ0) is 16.1. The highest BCUT2D eigenvalue weighted by Gasteiger charge is 2.12. The third-order valence-electron chi connectivity index (χ3n) is 3.00. The molecule has 0 radical (unpaired) electrons. The first-order valence-corrected chi connectivity index (χ1v) is 6.56.